The van der Waals surface area contributed by atoms with Gasteiger partial charge < -0.3 is 4.74 Å². The topological polar surface area (TPSA) is 58.6 Å². The molecule has 2 atom stereocenters. The average molecular weight is 294 g/mol. The third kappa shape index (κ3) is 3.14. The molecule has 2 saturated heterocycles. The highest BCUT2D eigenvalue weighted by Gasteiger charge is 2.45. The second-order valence-corrected chi connectivity index (χ2v) is 7.01. The number of hydrogen-bond donors (Lipinski definition) is 1. The molecule has 1 saturated carbocycles. The van der Waals surface area contributed by atoms with Crippen LogP contribution in [-0.2, 0) is 14.3 Å². The lowest BCUT2D eigenvalue weighted by Crippen LogP contribution is -2.55. The number of rotatable bonds is 3. The number of ether oxygens (including phenoxy) is 1. The van der Waals surface area contributed by atoms with Crippen LogP contribution in [0.2, 0.25) is 0 Å². The van der Waals surface area contributed by atoms with Crippen molar-refractivity contribution in [3.8, 4) is 0 Å². The molecule has 0 spiro atoms. The van der Waals surface area contributed by atoms with Crippen molar-refractivity contribution in [1.82, 2.24) is 10.2 Å². The van der Waals surface area contributed by atoms with Gasteiger partial charge in [-0.1, -0.05) is 19.3 Å². The molecule has 1 aliphatic carbocycles. The van der Waals surface area contributed by atoms with Crippen molar-refractivity contribution >= 4 is 11.8 Å². The van der Waals surface area contributed by atoms with Crippen molar-refractivity contribution in [2.45, 2.75) is 75.9 Å². The highest BCUT2D eigenvalue weighted by Crippen LogP contribution is 2.29. The Morgan fingerprint density at radius 3 is 2.62 bits per heavy atom. The first-order chi connectivity index (χ1) is 10.1. The maximum absolute atomic E-state index is 12.6. The third-order valence-electron chi connectivity index (χ3n) is 5.08. The summed E-state index contributed by atoms with van der Waals surface area (Å²) in [4.78, 5) is 26.5. The Hall–Kier alpha value is -0.940. The monoisotopic (exact) mass is 294 g/mol. The fraction of sp³-hybridized carbons (Fsp3) is 0.875. The molecule has 0 aromatic heterocycles. The zero-order valence-corrected chi connectivity index (χ0v) is 12.9. The molecule has 118 valence electrons. The lowest BCUT2D eigenvalue weighted by atomic mass is 9.93. The molecule has 21 heavy (non-hydrogen) atoms. The summed E-state index contributed by atoms with van der Waals surface area (Å²) in [5.41, 5.74) is -0.179. The standard InChI is InChI=1S/C16H26N2O3/c1-16(8-5-9-21-11-16)17-13-10-14(19)18(15(13)20)12-6-3-2-4-7-12/h12-13,17H,2-11H2,1H3. The van der Waals surface area contributed by atoms with Gasteiger partial charge in [-0.25, -0.2) is 0 Å². The van der Waals surface area contributed by atoms with E-state index in [-0.39, 0.29) is 29.4 Å². The summed E-state index contributed by atoms with van der Waals surface area (Å²) >= 11 is 0. The van der Waals surface area contributed by atoms with Gasteiger partial charge in [-0.2, -0.15) is 0 Å². The molecule has 2 aliphatic heterocycles. The number of carbonyl (C=O) groups is 2. The molecular weight excluding hydrogens is 268 g/mol. The van der Waals surface area contributed by atoms with Gasteiger partial charge in [0.1, 0.15) is 0 Å². The van der Waals surface area contributed by atoms with Crippen LogP contribution >= 0.6 is 0 Å². The first-order valence-electron chi connectivity index (χ1n) is 8.30. The number of hydrogen-bond acceptors (Lipinski definition) is 4. The Bertz CT molecular complexity index is 412. The molecule has 0 bridgehead atoms. The fourth-order valence-electron chi connectivity index (χ4n) is 3.96. The fourth-order valence-corrected chi connectivity index (χ4v) is 3.96. The minimum absolute atomic E-state index is 0.00438. The van der Waals surface area contributed by atoms with Crippen LogP contribution in [0.1, 0.15) is 58.3 Å². The van der Waals surface area contributed by atoms with Crippen molar-refractivity contribution in [2.75, 3.05) is 13.2 Å². The van der Waals surface area contributed by atoms with E-state index in [9.17, 15) is 9.59 Å². The van der Waals surface area contributed by atoms with E-state index < -0.39 is 0 Å². The lowest BCUT2D eigenvalue weighted by Gasteiger charge is -2.36. The van der Waals surface area contributed by atoms with Crippen LogP contribution in [0.3, 0.4) is 0 Å². The van der Waals surface area contributed by atoms with E-state index in [0.29, 0.717) is 13.0 Å². The van der Waals surface area contributed by atoms with Gasteiger partial charge in [0, 0.05) is 18.2 Å². The highest BCUT2D eigenvalue weighted by atomic mass is 16.5. The largest absolute Gasteiger partial charge is 0.380 e. The average Bonchev–Trinajstić information content (AvgIpc) is 2.74. The van der Waals surface area contributed by atoms with Crippen molar-refractivity contribution in [3.63, 3.8) is 0 Å². The van der Waals surface area contributed by atoms with Crippen LogP contribution in [0.4, 0.5) is 0 Å². The molecule has 3 fully saturated rings. The number of imide groups is 1. The molecule has 5 heteroatoms. The van der Waals surface area contributed by atoms with E-state index in [4.69, 9.17) is 4.74 Å². The summed E-state index contributed by atoms with van der Waals surface area (Å²) in [6, 6.07) is -0.216. The van der Waals surface area contributed by atoms with E-state index in [1.54, 1.807) is 4.90 Å². The Labute approximate surface area is 126 Å². The zero-order valence-electron chi connectivity index (χ0n) is 12.9. The minimum Gasteiger partial charge on any atom is -0.380 e. The third-order valence-corrected chi connectivity index (χ3v) is 5.08. The number of nitrogens with zero attached hydrogens (tertiary/aromatic N) is 1. The lowest BCUT2D eigenvalue weighted by molar-refractivity contribution is -0.142. The Kier molecular flexibility index (Phi) is 4.31. The molecule has 1 N–H and O–H groups in total. The summed E-state index contributed by atoms with van der Waals surface area (Å²) in [5.74, 6) is -0.0107. The molecule has 5 nitrogen and oxygen atoms in total. The van der Waals surface area contributed by atoms with Crippen LogP contribution in [0.25, 0.3) is 0 Å². The van der Waals surface area contributed by atoms with E-state index in [2.05, 4.69) is 12.2 Å². The maximum Gasteiger partial charge on any atom is 0.247 e. The van der Waals surface area contributed by atoms with E-state index >= 15 is 0 Å². The molecular formula is C16H26N2O3. The predicted molar refractivity (Wildman–Crippen MR) is 78.7 cm³/mol. The summed E-state index contributed by atoms with van der Waals surface area (Å²) in [5, 5.41) is 3.41. The van der Waals surface area contributed by atoms with Gasteiger partial charge in [0.25, 0.3) is 0 Å². The normalized spacial score (nSPS) is 35.5. The number of likely N-dealkylation sites (tertiary alicyclic amines) is 1. The van der Waals surface area contributed by atoms with Gasteiger partial charge in [0.2, 0.25) is 11.8 Å². The summed E-state index contributed by atoms with van der Waals surface area (Å²) < 4.78 is 5.53. The van der Waals surface area contributed by atoms with Crippen molar-refractivity contribution < 1.29 is 14.3 Å². The summed E-state index contributed by atoms with van der Waals surface area (Å²) in [6.45, 7) is 3.50. The highest BCUT2D eigenvalue weighted by molar-refractivity contribution is 6.05. The van der Waals surface area contributed by atoms with Crippen molar-refractivity contribution in [3.05, 3.63) is 0 Å². The molecule has 0 aromatic rings. The van der Waals surface area contributed by atoms with Crippen LogP contribution < -0.4 is 5.32 Å². The van der Waals surface area contributed by atoms with Crippen LogP contribution in [0.5, 0.6) is 0 Å². The molecule has 3 aliphatic rings. The summed E-state index contributed by atoms with van der Waals surface area (Å²) in [7, 11) is 0. The summed E-state index contributed by atoms with van der Waals surface area (Å²) in [6.07, 6.45) is 7.75. The van der Waals surface area contributed by atoms with Gasteiger partial charge in [-0.05, 0) is 32.6 Å². The van der Waals surface area contributed by atoms with E-state index in [0.717, 1.165) is 45.1 Å². The molecule has 2 amide bonds. The number of amides is 2. The Morgan fingerprint density at radius 1 is 1.19 bits per heavy atom. The first-order valence-corrected chi connectivity index (χ1v) is 8.30. The minimum atomic E-state index is -0.355. The van der Waals surface area contributed by atoms with Gasteiger partial charge in [-0.3, -0.25) is 19.8 Å². The van der Waals surface area contributed by atoms with E-state index in [1.807, 2.05) is 0 Å². The number of carbonyl (C=O) groups excluding carboxylic acids is 2. The Morgan fingerprint density at radius 2 is 1.95 bits per heavy atom. The smallest absolute Gasteiger partial charge is 0.247 e. The van der Waals surface area contributed by atoms with Gasteiger partial charge in [0.05, 0.1) is 19.1 Å². The molecule has 0 aromatic carbocycles. The molecule has 0 radical (unpaired) electrons. The second-order valence-electron chi connectivity index (χ2n) is 7.01. The van der Waals surface area contributed by atoms with Crippen molar-refractivity contribution in [2.24, 2.45) is 0 Å². The molecule has 2 heterocycles. The SMILES string of the molecule is CC1(NC2CC(=O)N(C3CCCCC3)C2=O)CCCOC1. The van der Waals surface area contributed by atoms with Crippen molar-refractivity contribution in [1.29, 1.82) is 0 Å². The molecule has 2 unspecified atom stereocenters. The molecule has 3 rings (SSSR count). The van der Waals surface area contributed by atoms with Gasteiger partial charge in [-0.15, -0.1) is 0 Å². The Balaban J connectivity index is 1.65. The van der Waals surface area contributed by atoms with Crippen LogP contribution in [-0.4, -0.2) is 47.6 Å². The number of nitrogens with one attached hydrogen (secondary N) is 1. The first kappa shape index (κ1) is 15.0. The quantitative estimate of drug-likeness (QED) is 0.803. The van der Waals surface area contributed by atoms with Crippen LogP contribution in [0.15, 0.2) is 0 Å². The van der Waals surface area contributed by atoms with Gasteiger partial charge in [0.15, 0.2) is 0 Å². The van der Waals surface area contributed by atoms with E-state index in [1.165, 1.54) is 6.42 Å². The second kappa shape index (κ2) is 6.05. The zero-order chi connectivity index (χ0) is 14.9. The van der Waals surface area contributed by atoms with Crippen LogP contribution in [0, 0.1) is 0 Å². The van der Waals surface area contributed by atoms with Gasteiger partial charge >= 0.3 is 0 Å². The maximum atomic E-state index is 12.6. The predicted octanol–water partition coefficient (Wildman–Crippen LogP) is 1.61.